The molecule has 1 heterocycles. The quantitative estimate of drug-likeness (QED) is 0.157. The Morgan fingerprint density at radius 3 is 1.93 bits per heavy atom. The average molecular weight is 625 g/mol. The zero-order valence-electron chi connectivity index (χ0n) is 26.5. The molecule has 1 saturated heterocycles. The van der Waals surface area contributed by atoms with Crippen LogP contribution in [-0.2, 0) is 43.2 Å². The minimum Gasteiger partial charge on any atom is -0.361 e. The van der Waals surface area contributed by atoms with E-state index in [1.807, 2.05) is 41.4 Å². The van der Waals surface area contributed by atoms with E-state index in [0.29, 0.717) is 25.3 Å². The molecular weight excluding hydrogens is 581 g/mol. The molecule has 1 fully saturated rings. The Labute approximate surface area is 271 Å². The van der Waals surface area contributed by atoms with Gasteiger partial charge in [0.25, 0.3) is 0 Å². The van der Waals surface area contributed by atoms with Gasteiger partial charge in [0.1, 0.15) is 6.04 Å². The maximum Gasteiger partial charge on any atom is 0.416 e. The van der Waals surface area contributed by atoms with Crippen LogP contribution in [0.5, 0.6) is 0 Å². The summed E-state index contributed by atoms with van der Waals surface area (Å²) in [5.74, 6) is 0.669. The normalized spacial score (nSPS) is 14.8. The summed E-state index contributed by atoms with van der Waals surface area (Å²) >= 11 is 0. The van der Waals surface area contributed by atoms with E-state index < -0.39 is 17.8 Å². The van der Waals surface area contributed by atoms with E-state index in [4.69, 9.17) is 0 Å². The van der Waals surface area contributed by atoms with Crippen molar-refractivity contribution >= 4 is 5.91 Å². The summed E-state index contributed by atoms with van der Waals surface area (Å²) < 4.78 is 39.3. The van der Waals surface area contributed by atoms with Gasteiger partial charge in [0.2, 0.25) is 5.91 Å². The molecule has 0 aromatic heterocycles. The SMILES string of the molecule is CCc1ccc(CN(C=CCc2ccc(C(F)(F)F)cc2)[C@@H](Cc2ccccc2)C(=O)N2CCC(Cc3ccccc3)CC2)cc1. The van der Waals surface area contributed by atoms with Crippen molar-refractivity contribution < 1.29 is 18.0 Å². The van der Waals surface area contributed by atoms with Crippen LogP contribution in [0.1, 0.15) is 53.1 Å². The number of hydrogen-bond donors (Lipinski definition) is 0. The number of carbonyl (C=O) groups is 1. The number of allylic oxidation sites excluding steroid dienone is 1. The molecule has 0 unspecified atom stereocenters. The number of piperidine rings is 1. The number of likely N-dealkylation sites (tertiary alicyclic amines) is 1. The molecule has 3 nitrogen and oxygen atoms in total. The zero-order valence-corrected chi connectivity index (χ0v) is 26.5. The summed E-state index contributed by atoms with van der Waals surface area (Å²) in [6, 6.07) is 34.0. The van der Waals surface area contributed by atoms with Gasteiger partial charge in [-0.15, -0.1) is 0 Å². The van der Waals surface area contributed by atoms with Crippen LogP contribution < -0.4 is 0 Å². The lowest BCUT2D eigenvalue weighted by molar-refractivity contribution is -0.138. The van der Waals surface area contributed by atoms with Crippen LogP contribution in [0.2, 0.25) is 0 Å². The second kappa shape index (κ2) is 15.8. The third kappa shape index (κ3) is 9.35. The zero-order chi connectivity index (χ0) is 32.4. The first kappa shape index (κ1) is 33.1. The minimum absolute atomic E-state index is 0.117. The Bertz CT molecular complexity index is 1530. The number of aryl methyl sites for hydroxylation is 1. The van der Waals surface area contributed by atoms with E-state index in [9.17, 15) is 18.0 Å². The molecule has 4 aromatic rings. The predicted octanol–water partition coefficient (Wildman–Crippen LogP) is 8.92. The van der Waals surface area contributed by atoms with Crippen LogP contribution >= 0.6 is 0 Å². The largest absolute Gasteiger partial charge is 0.416 e. The number of benzene rings is 4. The van der Waals surface area contributed by atoms with Gasteiger partial charge in [-0.1, -0.05) is 110 Å². The van der Waals surface area contributed by atoms with E-state index >= 15 is 0 Å². The number of nitrogens with zero attached hydrogens (tertiary/aromatic N) is 2. The molecule has 4 aromatic carbocycles. The monoisotopic (exact) mass is 624 g/mol. The molecule has 46 heavy (non-hydrogen) atoms. The lowest BCUT2D eigenvalue weighted by Crippen LogP contribution is -2.50. The molecule has 1 amide bonds. The fraction of sp³-hybridized carbons (Fsp3) is 0.325. The van der Waals surface area contributed by atoms with Crippen LogP contribution in [0.4, 0.5) is 13.2 Å². The van der Waals surface area contributed by atoms with Crippen molar-refractivity contribution in [2.75, 3.05) is 13.1 Å². The van der Waals surface area contributed by atoms with Gasteiger partial charge in [0.05, 0.1) is 5.56 Å². The van der Waals surface area contributed by atoms with Gasteiger partial charge in [-0.2, -0.15) is 13.2 Å². The van der Waals surface area contributed by atoms with Gasteiger partial charge in [-0.25, -0.2) is 0 Å². The number of amides is 1. The summed E-state index contributed by atoms with van der Waals surface area (Å²) in [4.78, 5) is 18.6. The number of rotatable bonds is 12. The van der Waals surface area contributed by atoms with Crippen LogP contribution in [0.3, 0.4) is 0 Å². The Balaban J connectivity index is 1.37. The molecule has 1 aliphatic rings. The molecule has 0 saturated carbocycles. The minimum atomic E-state index is -4.36. The van der Waals surface area contributed by atoms with Crippen molar-refractivity contribution in [2.45, 2.75) is 64.2 Å². The smallest absolute Gasteiger partial charge is 0.361 e. The first-order chi connectivity index (χ1) is 22.3. The molecule has 0 N–H and O–H groups in total. The van der Waals surface area contributed by atoms with Crippen LogP contribution in [0.25, 0.3) is 0 Å². The number of halogens is 3. The number of carbonyl (C=O) groups excluding carboxylic acids is 1. The van der Waals surface area contributed by atoms with Gasteiger partial charge in [-0.05, 0) is 84.2 Å². The molecule has 1 aliphatic heterocycles. The van der Waals surface area contributed by atoms with Gasteiger partial charge in [-0.3, -0.25) is 4.79 Å². The highest BCUT2D eigenvalue weighted by Crippen LogP contribution is 2.29. The first-order valence-corrected chi connectivity index (χ1v) is 16.3. The summed E-state index contributed by atoms with van der Waals surface area (Å²) in [6.45, 7) is 4.13. The van der Waals surface area contributed by atoms with Gasteiger partial charge in [0.15, 0.2) is 0 Å². The van der Waals surface area contributed by atoms with E-state index in [0.717, 1.165) is 67.6 Å². The molecule has 0 bridgehead atoms. The van der Waals surface area contributed by atoms with Crippen LogP contribution in [0.15, 0.2) is 121 Å². The summed E-state index contributed by atoms with van der Waals surface area (Å²) in [5.41, 5.74) is 4.91. The molecular formula is C40H43F3N2O. The maximum atomic E-state index is 14.4. The maximum absolute atomic E-state index is 14.4. The molecule has 5 rings (SSSR count). The Morgan fingerprint density at radius 1 is 0.783 bits per heavy atom. The lowest BCUT2D eigenvalue weighted by Gasteiger charge is -2.38. The molecule has 6 heteroatoms. The Hall–Kier alpha value is -4.32. The van der Waals surface area contributed by atoms with Gasteiger partial charge < -0.3 is 9.80 Å². The fourth-order valence-electron chi connectivity index (χ4n) is 6.21. The topological polar surface area (TPSA) is 23.6 Å². The van der Waals surface area contributed by atoms with Crippen molar-refractivity contribution in [3.8, 4) is 0 Å². The highest BCUT2D eigenvalue weighted by atomic mass is 19.4. The van der Waals surface area contributed by atoms with Crippen molar-refractivity contribution in [3.05, 3.63) is 155 Å². The lowest BCUT2D eigenvalue weighted by atomic mass is 9.89. The number of alkyl halides is 3. The first-order valence-electron chi connectivity index (χ1n) is 16.3. The molecule has 0 spiro atoms. The Kier molecular flexibility index (Phi) is 11.4. The molecule has 240 valence electrons. The van der Waals surface area contributed by atoms with Gasteiger partial charge in [0, 0.05) is 26.1 Å². The summed E-state index contributed by atoms with van der Waals surface area (Å²) in [7, 11) is 0. The van der Waals surface area contributed by atoms with Crippen LogP contribution in [0, 0.1) is 5.92 Å². The highest BCUT2D eigenvalue weighted by molar-refractivity contribution is 5.82. The second-order valence-corrected chi connectivity index (χ2v) is 12.3. The van der Waals surface area contributed by atoms with E-state index in [1.165, 1.54) is 23.3 Å². The predicted molar refractivity (Wildman–Crippen MR) is 179 cm³/mol. The molecule has 0 aliphatic carbocycles. The highest BCUT2D eigenvalue weighted by Gasteiger charge is 2.32. The summed E-state index contributed by atoms with van der Waals surface area (Å²) in [5, 5.41) is 0. The van der Waals surface area contributed by atoms with Crippen molar-refractivity contribution in [1.29, 1.82) is 0 Å². The molecule has 1 atom stereocenters. The third-order valence-electron chi connectivity index (χ3n) is 8.98. The fourth-order valence-corrected chi connectivity index (χ4v) is 6.21. The van der Waals surface area contributed by atoms with E-state index in [1.54, 1.807) is 0 Å². The summed E-state index contributed by atoms with van der Waals surface area (Å²) in [6.07, 6.45) is 4.51. The standard InChI is InChI=1S/C40H43F3N2O/c1-2-31-15-17-36(18-16-31)30-45(25-9-14-32-19-21-37(22-20-32)40(41,42)43)38(29-34-12-7-4-8-13-34)39(46)44-26-23-35(24-27-44)28-33-10-5-3-6-11-33/h3-13,15-22,25,35,38H,2,14,23-24,26-30H2,1H3/t38-/m0/s1. The second-order valence-electron chi connectivity index (χ2n) is 12.3. The van der Waals surface area contributed by atoms with Crippen LogP contribution in [-0.4, -0.2) is 34.8 Å². The third-order valence-corrected chi connectivity index (χ3v) is 8.98. The van der Waals surface area contributed by atoms with Crippen molar-refractivity contribution in [1.82, 2.24) is 9.80 Å². The van der Waals surface area contributed by atoms with Crippen molar-refractivity contribution in [2.24, 2.45) is 5.92 Å². The van der Waals surface area contributed by atoms with Crippen molar-refractivity contribution in [3.63, 3.8) is 0 Å². The van der Waals surface area contributed by atoms with E-state index in [2.05, 4.69) is 72.5 Å². The number of hydrogen-bond acceptors (Lipinski definition) is 2. The average Bonchev–Trinajstić information content (AvgIpc) is 3.08. The molecule has 0 radical (unpaired) electrons. The van der Waals surface area contributed by atoms with Gasteiger partial charge >= 0.3 is 6.18 Å². The Morgan fingerprint density at radius 2 is 1.35 bits per heavy atom. The van der Waals surface area contributed by atoms with E-state index in [-0.39, 0.29) is 5.91 Å².